The molecule has 31 heavy (non-hydrogen) atoms. The zero-order valence-corrected chi connectivity index (χ0v) is 18.9. The zero-order valence-electron chi connectivity index (χ0n) is 17.2. The van der Waals surface area contributed by atoms with E-state index in [0.29, 0.717) is 5.92 Å². The van der Waals surface area contributed by atoms with Gasteiger partial charge in [-0.05, 0) is 0 Å². The van der Waals surface area contributed by atoms with Gasteiger partial charge in [0.1, 0.15) is 0 Å². The average Bonchev–Trinajstić information content (AvgIpc) is 3.65. The van der Waals surface area contributed by atoms with Crippen molar-refractivity contribution in [3.05, 3.63) is 148 Å². The molecule has 2 heteroatoms. The predicted octanol–water partition coefficient (Wildman–Crippen LogP) is 5.39. The van der Waals surface area contributed by atoms with Crippen molar-refractivity contribution in [2.75, 3.05) is 0 Å². The van der Waals surface area contributed by atoms with Crippen LogP contribution in [0.1, 0.15) is 29.0 Å². The summed E-state index contributed by atoms with van der Waals surface area (Å²) in [5.74, 6) is 0.390. The quantitative estimate of drug-likeness (QED) is 0.377. The number of hydrogen-bond donors (Lipinski definition) is 1. The van der Waals surface area contributed by atoms with E-state index >= 15 is 0 Å². The van der Waals surface area contributed by atoms with Crippen LogP contribution in [0.15, 0.2) is 131 Å². The molecule has 1 nitrogen and oxygen atoms in total. The normalized spacial score (nSPS) is 17.3. The fourth-order valence-electron chi connectivity index (χ4n) is 4.18. The molecule has 0 aromatic heterocycles. The monoisotopic (exact) mass is 468 g/mol. The first-order valence-electron chi connectivity index (χ1n) is 10.6. The molecule has 1 saturated carbocycles. The van der Waals surface area contributed by atoms with Crippen LogP contribution in [0, 0.1) is 0 Å². The molecule has 0 radical (unpaired) electrons. The van der Waals surface area contributed by atoms with Crippen molar-refractivity contribution in [2.45, 2.75) is 17.9 Å². The molecular weight excluding hydrogens is 443 g/mol. The second kappa shape index (κ2) is 8.69. The van der Waals surface area contributed by atoms with E-state index in [1.54, 1.807) is 0 Å². The minimum absolute atomic E-state index is 0.000552. The number of rotatable bonds is 6. The topological polar surface area (TPSA) is 20.2 Å². The van der Waals surface area contributed by atoms with Crippen LogP contribution < -0.4 is 4.46 Å². The third kappa shape index (κ3) is 4.03. The first-order valence-corrected chi connectivity index (χ1v) is 12.3. The molecule has 1 unspecified atom stereocenters. The molecule has 0 amide bonds. The van der Waals surface area contributed by atoms with Gasteiger partial charge in [-0.25, -0.2) is 0 Å². The Balaban J connectivity index is 1.69. The van der Waals surface area contributed by atoms with Gasteiger partial charge in [0.25, 0.3) is 0 Å². The van der Waals surface area contributed by atoms with Gasteiger partial charge >= 0.3 is 191 Å². The third-order valence-electron chi connectivity index (χ3n) is 5.85. The van der Waals surface area contributed by atoms with E-state index in [4.69, 9.17) is 0 Å². The van der Waals surface area contributed by atoms with Gasteiger partial charge in [0.2, 0.25) is 0 Å². The Labute approximate surface area is 190 Å². The van der Waals surface area contributed by atoms with E-state index in [1.807, 2.05) is 36.4 Å². The Morgan fingerprint density at radius 3 is 1.61 bits per heavy atom. The van der Waals surface area contributed by atoms with Crippen molar-refractivity contribution in [2.24, 2.45) is 0 Å². The van der Waals surface area contributed by atoms with Gasteiger partial charge in [0, 0.05) is 0 Å². The van der Waals surface area contributed by atoms with Crippen LogP contribution in [0.4, 0.5) is 0 Å². The summed E-state index contributed by atoms with van der Waals surface area (Å²) in [4.78, 5) is 0. The standard InChI is InChI=1S/C29H24OSe/c30-29(23-15-7-2-8-16-23,24-17-9-3-10-18-24)28(31-25-19-11-4-12-20-25)27-21-26(27)22-13-5-1-6-14-22/h1-20,26,30H,21H2/b28-27+. The van der Waals surface area contributed by atoms with E-state index in [-0.39, 0.29) is 15.0 Å². The van der Waals surface area contributed by atoms with Crippen molar-refractivity contribution in [1.29, 1.82) is 0 Å². The average molecular weight is 467 g/mol. The van der Waals surface area contributed by atoms with E-state index in [1.165, 1.54) is 15.6 Å². The van der Waals surface area contributed by atoms with Crippen LogP contribution in [-0.2, 0) is 5.60 Å². The minimum atomic E-state index is -1.14. The fourth-order valence-corrected chi connectivity index (χ4v) is 6.84. The van der Waals surface area contributed by atoms with Crippen LogP contribution in [0.3, 0.4) is 0 Å². The van der Waals surface area contributed by atoms with Crippen LogP contribution in [0.2, 0.25) is 0 Å². The van der Waals surface area contributed by atoms with Crippen molar-refractivity contribution in [3.8, 4) is 0 Å². The van der Waals surface area contributed by atoms with Crippen LogP contribution in [0.5, 0.6) is 0 Å². The zero-order chi connectivity index (χ0) is 21.1. The maximum absolute atomic E-state index is 12.5. The van der Waals surface area contributed by atoms with Crippen LogP contribution >= 0.6 is 0 Å². The maximum atomic E-state index is 12.5. The summed E-state index contributed by atoms with van der Waals surface area (Å²) in [6.07, 6.45) is 1.01. The summed E-state index contributed by atoms with van der Waals surface area (Å²) < 4.78 is 2.44. The summed E-state index contributed by atoms with van der Waals surface area (Å²) in [5.41, 5.74) is 3.44. The molecule has 152 valence electrons. The van der Waals surface area contributed by atoms with Gasteiger partial charge in [0.15, 0.2) is 0 Å². The van der Waals surface area contributed by atoms with Crippen molar-refractivity contribution in [3.63, 3.8) is 0 Å². The second-order valence-electron chi connectivity index (χ2n) is 7.88. The van der Waals surface area contributed by atoms with Crippen LogP contribution in [-0.4, -0.2) is 20.1 Å². The molecule has 5 rings (SSSR count). The summed E-state index contributed by atoms with van der Waals surface area (Å²) in [7, 11) is 0. The van der Waals surface area contributed by atoms with Gasteiger partial charge < -0.3 is 0 Å². The Kier molecular flexibility index (Phi) is 5.61. The molecule has 0 heterocycles. The predicted molar refractivity (Wildman–Crippen MR) is 129 cm³/mol. The fraction of sp³-hybridized carbons (Fsp3) is 0.103. The summed E-state index contributed by atoms with van der Waals surface area (Å²) in [6, 6.07) is 41.5. The molecule has 1 N–H and O–H groups in total. The summed E-state index contributed by atoms with van der Waals surface area (Å²) >= 11 is 0.000552. The number of aliphatic hydroxyl groups is 1. The van der Waals surface area contributed by atoms with Gasteiger partial charge in [-0.15, -0.1) is 0 Å². The molecule has 0 bridgehead atoms. The Morgan fingerprint density at radius 1 is 0.645 bits per heavy atom. The van der Waals surface area contributed by atoms with Gasteiger partial charge in [-0.2, -0.15) is 0 Å². The first kappa shape index (κ1) is 20.0. The third-order valence-corrected chi connectivity index (χ3v) is 8.52. The molecule has 4 aromatic carbocycles. The van der Waals surface area contributed by atoms with Crippen LogP contribution in [0.25, 0.3) is 0 Å². The molecule has 1 aliphatic carbocycles. The molecular formula is C29H24OSe. The van der Waals surface area contributed by atoms with Gasteiger partial charge in [-0.3, -0.25) is 0 Å². The molecule has 0 saturated heterocycles. The van der Waals surface area contributed by atoms with E-state index in [0.717, 1.165) is 22.0 Å². The molecule has 0 aliphatic heterocycles. The number of benzene rings is 4. The van der Waals surface area contributed by atoms with E-state index < -0.39 is 5.60 Å². The van der Waals surface area contributed by atoms with Crippen molar-refractivity contribution >= 4 is 19.4 Å². The van der Waals surface area contributed by atoms with Crippen molar-refractivity contribution < 1.29 is 5.11 Å². The first-order chi connectivity index (χ1) is 15.3. The van der Waals surface area contributed by atoms with Crippen molar-refractivity contribution in [1.82, 2.24) is 0 Å². The summed E-state index contributed by atoms with van der Waals surface area (Å²) in [5, 5.41) is 12.5. The van der Waals surface area contributed by atoms with Gasteiger partial charge in [-0.1, -0.05) is 0 Å². The number of allylic oxidation sites excluding steroid dienone is 1. The SMILES string of the molecule is OC(/C([Se]c1ccccc1)=C1/CC1c1ccccc1)(c1ccccc1)c1ccccc1. The molecule has 1 aliphatic rings. The van der Waals surface area contributed by atoms with Gasteiger partial charge in [0.05, 0.1) is 0 Å². The number of hydrogen-bond acceptors (Lipinski definition) is 1. The molecule has 1 atom stereocenters. The van der Waals surface area contributed by atoms with E-state index in [2.05, 4.69) is 84.9 Å². The Bertz CT molecular complexity index is 1130. The van der Waals surface area contributed by atoms with E-state index in [9.17, 15) is 5.11 Å². The summed E-state index contributed by atoms with van der Waals surface area (Å²) in [6.45, 7) is 0. The molecule has 1 fully saturated rings. The Hall–Kier alpha value is -2.90. The molecule has 0 spiro atoms. The molecule has 4 aromatic rings. The second-order valence-corrected chi connectivity index (χ2v) is 10.2. The Morgan fingerprint density at radius 2 is 1.10 bits per heavy atom.